The molecule has 0 amide bonds. The molecular formula is C14H21ClFN. The van der Waals surface area contributed by atoms with Crippen LogP contribution in [-0.4, -0.2) is 12.1 Å². The summed E-state index contributed by atoms with van der Waals surface area (Å²) in [6.07, 6.45) is 0.789. The van der Waals surface area contributed by atoms with Crippen LogP contribution < -0.4 is 5.32 Å². The number of hydrogen-bond acceptors (Lipinski definition) is 1. The van der Waals surface area contributed by atoms with E-state index in [2.05, 4.69) is 33.0 Å². The summed E-state index contributed by atoms with van der Waals surface area (Å²) in [5.41, 5.74) is 0.886. The molecule has 0 saturated heterocycles. The van der Waals surface area contributed by atoms with Crippen molar-refractivity contribution in [3.8, 4) is 0 Å². The molecule has 0 saturated carbocycles. The Morgan fingerprint density at radius 1 is 1.24 bits per heavy atom. The van der Waals surface area contributed by atoms with Crippen molar-refractivity contribution in [2.45, 2.75) is 46.2 Å². The first-order chi connectivity index (χ1) is 7.90. The van der Waals surface area contributed by atoms with Gasteiger partial charge in [-0.3, -0.25) is 0 Å². The van der Waals surface area contributed by atoms with Crippen LogP contribution in [0.15, 0.2) is 18.2 Å². The monoisotopic (exact) mass is 257 g/mol. The quantitative estimate of drug-likeness (QED) is 0.839. The van der Waals surface area contributed by atoms with Crippen molar-refractivity contribution in [3.05, 3.63) is 34.6 Å². The normalized spacial score (nSPS) is 15.0. The highest BCUT2D eigenvalue weighted by molar-refractivity contribution is 6.31. The molecule has 0 heterocycles. The van der Waals surface area contributed by atoms with Crippen molar-refractivity contribution < 1.29 is 4.39 Å². The average Bonchev–Trinajstić information content (AvgIpc) is 2.22. The Bertz CT molecular complexity index is 365. The van der Waals surface area contributed by atoms with Crippen molar-refractivity contribution >= 4 is 11.6 Å². The summed E-state index contributed by atoms with van der Waals surface area (Å²) in [6, 6.07) is 5.39. The third kappa shape index (κ3) is 4.64. The molecular weight excluding hydrogens is 237 g/mol. The molecule has 1 rings (SSSR count). The van der Waals surface area contributed by atoms with Gasteiger partial charge in [-0.2, -0.15) is 0 Å². The van der Waals surface area contributed by atoms with Gasteiger partial charge in [-0.05, 0) is 43.0 Å². The van der Waals surface area contributed by atoms with Crippen molar-refractivity contribution in [1.29, 1.82) is 0 Å². The number of nitrogens with one attached hydrogen (secondary N) is 1. The molecule has 2 unspecified atom stereocenters. The molecule has 96 valence electrons. The molecule has 2 atom stereocenters. The van der Waals surface area contributed by atoms with Crippen LogP contribution in [0.5, 0.6) is 0 Å². The molecule has 1 aromatic rings. The van der Waals surface area contributed by atoms with Gasteiger partial charge >= 0.3 is 0 Å². The van der Waals surface area contributed by atoms with E-state index in [4.69, 9.17) is 11.6 Å². The largest absolute Gasteiger partial charge is 0.312 e. The molecule has 0 aliphatic rings. The fourth-order valence-electron chi connectivity index (χ4n) is 1.91. The molecule has 3 heteroatoms. The zero-order valence-corrected chi connectivity index (χ0v) is 11.7. The van der Waals surface area contributed by atoms with Crippen molar-refractivity contribution in [2.75, 3.05) is 0 Å². The molecule has 0 aromatic heterocycles. The summed E-state index contributed by atoms with van der Waals surface area (Å²) in [5, 5.41) is 4.11. The van der Waals surface area contributed by atoms with Gasteiger partial charge in [0.25, 0.3) is 0 Å². The predicted octanol–water partition coefficient (Wildman–Crippen LogP) is 4.04. The second-order valence-corrected chi connectivity index (χ2v) is 5.43. The third-order valence-electron chi connectivity index (χ3n) is 3.00. The molecule has 17 heavy (non-hydrogen) atoms. The van der Waals surface area contributed by atoms with Crippen LogP contribution in [0.2, 0.25) is 5.02 Å². The van der Waals surface area contributed by atoms with E-state index in [0.29, 0.717) is 23.0 Å². The Kier molecular flexibility index (Phi) is 5.41. The molecule has 0 fully saturated rings. The smallest absolute Gasteiger partial charge is 0.123 e. The van der Waals surface area contributed by atoms with Gasteiger partial charge in [0.2, 0.25) is 0 Å². The number of halogens is 2. The maximum absolute atomic E-state index is 13.1. The van der Waals surface area contributed by atoms with Gasteiger partial charge in [0.15, 0.2) is 0 Å². The summed E-state index contributed by atoms with van der Waals surface area (Å²) in [6.45, 7) is 8.55. The molecule has 0 radical (unpaired) electrons. The maximum atomic E-state index is 13.1. The van der Waals surface area contributed by atoms with E-state index < -0.39 is 0 Å². The highest BCUT2D eigenvalue weighted by Gasteiger charge is 2.15. The van der Waals surface area contributed by atoms with Crippen LogP contribution in [0.25, 0.3) is 0 Å². The second-order valence-electron chi connectivity index (χ2n) is 5.03. The molecule has 0 aliphatic heterocycles. The van der Waals surface area contributed by atoms with Gasteiger partial charge in [0, 0.05) is 17.1 Å². The van der Waals surface area contributed by atoms with Crippen molar-refractivity contribution in [1.82, 2.24) is 5.32 Å². The Hall–Kier alpha value is -0.600. The van der Waals surface area contributed by atoms with Gasteiger partial charge in [-0.15, -0.1) is 0 Å². The fraction of sp³-hybridized carbons (Fsp3) is 0.571. The minimum absolute atomic E-state index is 0.221. The minimum Gasteiger partial charge on any atom is -0.312 e. The number of benzene rings is 1. The first-order valence-electron chi connectivity index (χ1n) is 6.10. The van der Waals surface area contributed by atoms with Crippen molar-refractivity contribution in [3.63, 3.8) is 0 Å². The maximum Gasteiger partial charge on any atom is 0.123 e. The van der Waals surface area contributed by atoms with Crippen LogP contribution in [0.4, 0.5) is 4.39 Å². The van der Waals surface area contributed by atoms with Crippen LogP contribution in [0.1, 0.15) is 33.3 Å². The van der Waals surface area contributed by atoms with E-state index in [1.54, 1.807) is 6.07 Å². The van der Waals surface area contributed by atoms with E-state index in [9.17, 15) is 4.39 Å². The lowest BCUT2D eigenvalue weighted by atomic mass is 9.94. The summed E-state index contributed by atoms with van der Waals surface area (Å²) in [5.74, 6) is 0.192. The van der Waals surface area contributed by atoms with E-state index in [1.807, 2.05) is 0 Å². The first kappa shape index (κ1) is 14.5. The standard InChI is InChI=1S/C14H21ClFN/c1-9(2)17-11(4)10(3)7-12-8-13(16)5-6-14(12)15/h5-6,8-11,17H,7H2,1-4H3. The van der Waals surface area contributed by atoms with Crippen LogP contribution in [-0.2, 0) is 6.42 Å². The second kappa shape index (κ2) is 6.36. The Balaban J connectivity index is 2.67. The third-order valence-corrected chi connectivity index (χ3v) is 3.37. The lowest BCUT2D eigenvalue weighted by Gasteiger charge is -2.24. The fourth-order valence-corrected chi connectivity index (χ4v) is 2.11. The molecule has 1 nitrogen and oxygen atoms in total. The Morgan fingerprint density at radius 3 is 2.47 bits per heavy atom. The Morgan fingerprint density at radius 2 is 1.88 bits per heavy atom. The zero-order valence-electron chi connectivity index (χ0n) is 10.9. The van der Waals surface area contributed by atoms with E-state index in [1.165, 1.54) is 12.1 Å². The summed E-state index contributed by atoms with van der Waals surface area (Å²) in [7, 11) is 0. The topological polar surface area (TPSA) is 12.0 Å². The Labute approximate surface area is 108 Å². The highest BCUT2D eigenvalue weighted by Crippen LogP contribution is 2.21. The van der Waals surface area contributed by atoms with E-state index in [-0.39, 0.29) is 5.82 Å². The summed E-state index contributed by atoms with van der Waals surface area (Å²) in [4.78, 5) is 0. The lowest BCUT2D eigenvalue weighted by molar-refractivity contribution is 0.371. The van der Waals surface area contributed by atoms with Gasteiger partial charge in [0.05, 0.1) is 0 Å². The van der Waals surface area contributed by atoms with E-state index >= 15 is 0 Å². The molecule has 0 aliphatic carbocycles. The lowest BCUT2D eigenvalue weighted by Crippen LogP contribution is -2.37. The van der Waals surface area contributed by atoms with Gasteiger partial charge in [0.1, 0.15) is 5.82 Å². The molecule has 1 aromatic carbocycles. The first-order valence-corrected chi connectivity index (χ1v) is 6.48. The SMILES string of the molecule is CC(C)NC(C)C(C)Cc1cc(F)ccc1Cl. The predicted molar refractivity (Wildman–Crippen MR) is 72.0 cm³/mol. The summed E-state index contributed by atoms with van der Waals surface area (Å²) < 4.78 is 13.1. The van der Waals surface area contributed by atoms with Crippen LogP contribution in [0.3, 0.4) is 0 Å². The van der Waals surface area contributed by atoms with Gasteiger partial charge in [-0.1, -0.05) is 32.4 Å². The minimum atomic E-state index is -0.221. The number of hydrogen-bond donors (Lipinski definition) is 1. The highest BCUT2D eigenvalue weighted by atomic mass is 35.5. The summed E-state index contributed by atoms with van der Waals surface area (Å²) >= 11 is 6.06. The van der Waals surface area contributed by atoms with E-state index in [0.717, 1.165) is 12.0 Å². The van der Waals surface area contributed by atoms with Crippen molar-refractivity contribution in [2.24, 2.45) is 5.92 Å². The zero-order chi connectivity index (χ0) is 13.0. The van der Waals surface area contributed by atoms with Gasteiger partial charge < -0.3 is 5.32 Å². The van der Waals surface area contributed by atoms with Crippen LogP contribution >= 0.6 is 11.6 Å². The molecule has 0 bridgehead atoms. The van der Waals surface area contributed by atoms with Crippen LogP contribution in [0, 0.1) is 11.7 Å². The average molecular weight is 258 g/mol. The van der Waals surface area contributed by atoms with Gasteiger partial charge in [-0.25, -0.2) is 4.39 Å². The molecule has 1 N–H and O–H groups in total. The number of rotatable bonds is 5. The molecule has 0 spiro atoms.